The van der Waals surface area contributed by atoms with E-state index >= 15 is 0 Å². The molecule has 1 aromatic heterocycles. The van der Waals surface area contributed by atoms with Gasteiger partial charge in [-0.1, -0.05) is 22.0 Å². The number of fused-ring (bicyclic) bond motifs is 4. The topological polar surface area (TPSA) is 45.2 Å². The Kier molecular flexibility index (Phi) is 3.56. The molecule has 2 aliphatic heterocycles. The van der Waals surface area contributed by atoms with Crippen molar-refractivity contribution in [3.8, 4) is 0 Å². The minimum atomic E-state index is -0.397. The Morgan fingerprint density at radius 1 is 1.35 bits per heavy atom. The van der Waals surface area contributed by atoms with Gasteiger partial charge in [0.25, 0.3) is 0 Å². The zero-order valence-electron chi connectivity index (χ0n) is 12.3. The van der Waals surface area contributed by atoms with Crippen molar-refractivity contribution in [3.05, 3.63) is 58.1 Å². The van der Waals surface area contributed by atoms with Crippen LogP contribution in [0.25, 0.3) is 0 Å². The van der Waals surface area contributed by atoms with Crippen LogP contribution in [0.1, 0.15) is 30.0 Å². The van der Waals surface area contributed by atoms with Crippen LogP contribution in [-0.2, 0) is 6.42 Å². The fourth-order valence-corrected chi connectivity index (χ4v) is 4.08. The van der Waals surface area contributed by atoms with Gasteiger partial charge in [0.15, 0.2) is 0 Å². The minimum absolute atomic E-state index is 0.0401. The molecule has 2 bridgehead atoms. The predicted octanol–water partition coefficient (Wildman–Crippen LogP) is 4.28. The number of nitrogens with zero attached hydrogens (tertiary/aromatic N) is 2. The summed E-state index contributed by atoms with van der Waals surface area (Å²) in [5.41, 5.74) is 2.32. The molecule has 2 amide bonds. The van der Waals surface area contributed by atoms with E-state index in [2.05, 4.69) is 26.2 Å². The van der Waals surface area contributed by atoms with Gasteiger partial charge in [-0.15, -0.1) is 0 Å². The molecule has 1 saturated heterocycles. The van der Waals surface area contributed by atoms with Gasteiger partial charge in [-0.05, 0) is 49.1 Å². The Balaban J connectivity index is 1.62. The van der Waals surface area contributed by atoms with Crippen LogP contribution in [0, 0.1) is 5.95 Å². The molecule has 2 atom stereocenters. The molecule has 23 heavy (non-hydrogen) atoms. The highest BCUT2D eigenvalue weighted by atomic mass is 79.9. The average molecular weight is 376 g/mol. The lowest BCUT2D eigenvalue weighted by atomic mass is 9.95. The first-order chi connectivity index (χ1) is 11.1. The molecule has 1 aromatic carbocycles. The molecule has 2 aromatic rings. The van der Waals surface area contributed by atoms with Crippen molar-refractivity contribution in [2.75, 3.05) is 5.32 Å². The van der Waals surface area contributed by atoms with Gasteiger partial charge in [0.2, 0.25) is 5.95 Å². The zero-order chi connectivity index (χ0) is 16.0. The van der Waals surface area contributed by atoms with Crippen molar-refractivity contribution in [3.63, 3.8) is 0 Å². The number of carbonyl (C=O) groups is 1. The first-order valence-corrected chi connectivity index (χ1v) is 8.41. The molecule has 0 radical (unpaired) electrons. The second-order valence-electron chi connectivity index (χ2n) is 5.97. The summed E-state index contributed by atoms with van der Waals surface area (Å²) < 4.78 is 14.8. The van der Waals surface area contributed by atoms with Crippen molar-refractivity contribution in [1.29, 1.82) is 0 Å². The van der Waals surface area contributed by atoms with Crippen LogP contribution in [0.2, 0.25) is 0 Å². The quantitative estimate of drug-likeness (QED) is 0.756. The van der Waals surface area contributed by atoms with Gasteiger partial charge in [0, 0.05) is 28.0 Å². The van der Waals surface area contributed by atoms with Gasteiger partial charge < -0.3 is 10.2 Å². The summed E-state index contributed by atoms with van der Waals surface area (Å²) in [5, 5.41) is 2.95. The molecule has 2 aliphatic rings. The van der Waals surface area contributed by atoms with Gasteiger partial charge in [0.1, 0.15) is 0 Å². The monoisotopic (exact) mass is 375 g/mol. The van der Waals surface area contributed by atoms with E-state index in [1.165, 1.54) is 6.20 Å². The molecule has 1 N–H and O–H groups in total. The normalized spacial score (nSPS) is 21.9. The fourth-order valence-electron chi connectivity index (χ4n) is 3.68. The van der Waals surface area contributed by atoms with Crippen LogP contribution in [0.4, 0.5) is 14.9 Å². The Labute approximate surface area is 141 Å². The number of rotatable bonds is 1. The van der Waals surface area contributed by atoms with Crippen LogP contribution in [0.3, 0.4) is 0 Å². The number of hydrogen-bond donors (Lipinski definition) is 1. The molecule has 0 aliphatic carbocycles. The number of aromatic nitrogens is 1. The van der Waals surface area contributed by atoms with E-state index in [0.717, 1.165) is 28.6 Å². The largest absolute Gasteiger partial charge is 0.322 e. The van der Waals surface area contributed by atoms with E-state index in [1.807, 2.05) is 35.2 Å². The standard InChI is InChI=1S/C17H15BrFN3O/c18-10-2-1-3-11(8-10)21-17(23)22-12-4-5-15(22)13-6-7-20-16(19)14(13)9-12/h1-3,6-8,12,15H,4-5,9H2,(H,21,23). The second-order valence-corrected chi connectivity index (χ2v) is 6.88. The van der Waals surface area contributed by atoms with E-state index in [0.29, 0.717) is 12.0 Å². The van der Waals surface area contributed by atoms with Gasteiger partial charge in [-0.2, -0.15) is 4.39 Å². The number of amides is 2. The van der Waals surface area contributed by atoms with E-state index in [9.17, 15) is 9.18 Å². The van der Waals surface area contributed by atoms with Gasteiger partial charge in [0.05, 0.1) is 6.04 Å². The highest BCUT2D eigenvalue weighted by molar-refractivity contribution is 9.10. The molecule has 4 nitrogen and oxygen atoms in total. The third-order valence-electron chi connectivity index (χ3n) is 4.65. The molecular weight excluding hydrogens is 361 g/mol. The van der Waals surface area contributed by atoms with Crippen molar-refractivity contribution in [1.82, 2.24) is 9.88 Å². The summed E-state index contributed by atoms with van der Waals surface area (Å²) in [5.74, 6) is -0.397. The van der Waals surface area contributed by atoms with Crippen LogP contribution in [-0.4, -0.2) is 22.0 Å². The van der Waals surface area contributed by atoms with Gasteiger partial charge in [-0.25, -0.2) is 9.78 Å². The molecule has 0 saturated carbocycles. The van der Waals surface area contributed by atoms with E-state index in [1.54, 1.807) is 0 Å². The Bertz CT molecular complexity index is 782. The van der Waals surface area contributed by atoms with Crippen LogP contribution >= 0.6 is 15.9 Å². The molecule has 3 heterocycles. The summed E-state index contributed by atoms with van der Waals surface area (Å²) in [7, 11) is 0. The third kappa shape index (κ3) is 2.51. The van der Waals surface area contributed by atoms with Crippen LogP contribution in [0.15, 0.2) is 41.0 Å². The summed E-state index contributed by atoms with van der Waals surface area (Å²) in [6.07, 6.45) is 3.78. The maximum absolute atomic E-state index is 13.9. The van der Waals surface area contributed by atoms with Crippen molar-refractivity contribution >= 4 is 27.6 Å². The van der Waals surface area contributed by atoms with E-state index in [4.69, 9.17) is 0 Å². The van der Waals surface area contributed by atoms with Crippen molar-refractivity contribution in [2.24, 2.45) is 0 Å². The van der Waals surface area contributed by atoms with Crippen molar-refractivity contribution < 1.29 is 9.18 Å². The van der Waals surface area contributed by atoms with Crippen LogP contribution in [0.5, 0.6) is 0 Å². The smallest absolute Gasteiger partial charge is 0.314 e. The molecule has 118 valence electrons. The van der Waals surface area contributed by atoms with E-state index < -0.39 is 5.95 Å². The van der Waals surface area contributed by atoms with Gasteiger partial charge in [-0.3, -0.25) is 0 Å². The summed E-state index contributed by atoms with van der Waals surface area (Å²) >= 11 is 3.40. The number of benzene rings is 1. The Hall–Kier alpha value is -1.95. The molecule has 1 fully saturated rings. The molecule has 4 rings (SSSR count). The Morgan fingerprint density at radius 3 is 3.04 bits per heavy atom. The number of pyridine rings is 1. The van der Waals surface area contributed by atoms with E-state index in [-0.39, 0.29) is 18.1 Å². The number of hydrogen-bond acceptors (Lipinski definition) is 2. The minimum Gasteiger partial charge on any atom is -0.314 e. The first kappa shape index (κ1) is 14.6. The SMILES string of the molecule is O=C(Nc1cccc(Br)c1)N1C2CCC1c1ccnc(F)c1C2. The molecule has 0 spiro atoms. The highest BCUT2D eigenvalue weighted by Crippen LogP contribution is 2.44. The highest BCUT2D eigenvalue weighted by Gasteiger charge is 2.43. The van der Waals surface area contributed by atoms with Crippen molar-refractivity contribution in [2.45, 2.75) is 31.3 Å². The fraction of sp³-hybridized carbons (Fsp3) is 0.294. The number of halogens is 2. The summed E-state index contributed by atoms with van der Waals surface area (Å²) in [6.45, 7) is 0. The summed E-state index contributed by atoms with van der Waals surface area (Å²) in [4.78, 5) is 18.3. The lowest BCUT2D eigenvalue weighted by Crippen LogP contribution is -2.44. The number of carbonyl (C=O) groups excluding carboxylic acids is 1. The zero-order valence-corrected chi connectivity index (χ0v) is 13.9. The number of nitrogens with one attached hydrogen (secondary N) is 1. The summed E-state index contributed by atoms with van der Waals surface area (Å²) in [6, 6.07) is 9.19. The molecular formula is C17H15BrFN3O. The lowest BCUT2D eigenvalue weighted by Gasteiger charge is -2.36. The first-order valence-electron chi connectivity index (χ1n) is 7.61. The molecule has 2 unspecified atom stereocenters. The van der Waals surface area contributed by atoms with Gasteiger partial charge >= 0.3 is 6.03 Å². The maximum Gasteiger partial charge on any atom is 0.322 e. The Morgan fingerprint density at radius 2 is 2.22 bits per heavy atom. The number of anilines is 1. The predicted molar refractivity (Wildman–Crippen MR) is 88.7 cm³/mol. The average Bonchev–Trinajstić information content (AvgIpc) is 2.84. The lowest BCUT2D eigenvalue weighted by molar-refractivity contribution is 0.178. The molecule has 6 heteroatoms. The maximum atomic E-state index is 13.9. The van der Waals surface area contributed by atoms with Crippen LogP contribution < -0.4 is 5.32 Å². The second kappa shape index (κ2) is 5.60. The number of urea groups is 1. The third-order valence-corrected chi connectivity index (χ3v) is 5.14.